The van der Waals surface area contributed by atoms with Crippen molar-refractivity contribution in [1.82, 2.24) is 15.0 Å². The largest absolute Gasteiger partial charge is 0.497 e. The van der Waals surface area contributed by atoms with Crippen molar-refractivity contribution in [2.24, 2.45) is 0 Å². The van der Waals surface area contributed by atoms with Gasteiger partial charge in [0.2, 0.25) is 0 Å². The van der Waals surface area contributed by atoms with Crippen LogP contribution in [0.3, 0.4) is 0 Å². The second-order valence-corrected chi connectivity index (χ2v) is 8.15. The van der Waals surface area contributed by atoms with Crippen molar-refractivity contribution in [3.8, 4) is 16.3 Å². The maximum atomic E-state index is 14.0. The Labute approximate surface area is 172 Å². The molecule has 7 nitrogen and oxygen atoms in total. The minimum atomic E-state index is -0.673. The highest BCUT2D eigenvalue weighted by atomic mass is 32.1. The molecule has 0 unspecified atom stereocenters. The molecule has 0 aliphatic carbocycles. The van der Waals surface area contributed by atoms with Crippen LogP contribution < -0.4 is 9.64 Å². The molecule has 0 saturated carbocycles. The summed E-state index contributed by atoms with van der Waals surface area (Å²) < 4.78 is 24.7. The van der Waals surface area contributed by atoms with Crippen LogP contribution in [0.15, 0.2) is 43.0 Å². The number of hydrogen-bond acceptors (Lipinski definition) is 7. The number of benzene rings is 1. The van der Waals surface area contributed by atoms with E-state index in [9.17, 15) is 9.18 Å². The van der Waals surface area contributed by atoms with Crippen LogP contribution in [0.4, 0.5) is 14.3 Å². The third-order valence-electron chi connectivity index (χ3n) is 3.74. The molecule has 0 spiro atoms. The number of halogens is 1. The predicted molar refractivity (Wildman–Crippen MR) is 109 cm³/mol. The van der Waals surface area contributed by atoms with Gasteiger partial charge in [-0.25, -0.2) is 29.0 Å². The van der Waals surface area contributed by atoms with Gasteiger partial charge in [-0.05, 0) is 38.5 Å². The van der Waals surface area contributed by atoms with E-state index in [1.165, 1.54) is 17.4 Å². The summed E-state index contributed by atoms with van der Waals surface area (Å²) in [7, 11) is 1.59. The van der Waals surface area contributed by atoms with Gasteiger partial charge in [-0.1, -0.05) is 23.5 Å². The molecule has 0 aliphatic heterocycles. The molecule has 1 aromatic carbocycles. The van der Waals surface area contributed by atoms with Crippen molar-refractivity contribution in [2.45, 2.75) is 32.9 Å². The van der Waals surface area contributed by atoms with Gasteiger partial charge in [0, 0.05) is 6.20 Å². The Kier molecular flexibility index (Phi) is 6.07. The topological polar surface area (TPSA) is 77.4 Å². The first-order valence-electron chi connectivity index (χ1n) is 8.82. The Morgan fingerprint density at radius 3 is 2.52 bits per heavy atom. The highest BCUT2D eigenvalue weighted by molar-refractivity contribution is 7.19. The van der Waals surface area contributed by atoms with Crippen molar-refractivity contribution in [3.05, 3.63) is 54.4 Å². The molecule has 2 heterocycles. The maximum absolute atomic E-state index is 14.0. The molecule has 0 N–H and O–H groups in total. The van der Waals surface area contributed by atoms with Crippen LogP contribution in [0.1, 0.15) is 26.3 Å². The molecule has 2 aromatic heterocycles. The lowest BCUT2D eigenvalue weighted by molar-refractivity contribution is 0.0577. The van der Waals surface area contributed by atoms with E-state index >= 15 is 0 Å². The van der Waals surface area contributed by atoms with Crippen LogP contribution in [-0.4, -0.2) is 33.8 Å². The van der Waals surface area contributed by atoms with Crippen LogP contribution in [0.2, 0.25) is 0 Å². The second kappa shape index (κ2) is 8.52. The smallest absolute Gasteiger partial charge is 0.416 e. The van der Waals surface area contributed by atoms with Crippen LogP contribution in [0.5, 0.6) is 5.75 Å². The fourth-order valence-corrected chi connectivity index (χ4v) is 3.34. The number of nitrogens with zero attached hydrogens (tertiary/aromatic N) is 4. The Morgan fingerprint density at radius 1 is 1.17 bits per heavy atom. The van der Waals surface area contributed by atoms with Gasteiger partial charge in [0.05, 0.1) is 24.7 Å². The molecule has 1 amide bonds. The first-order chi connectivity index (χ1) is 13.8. The summed E-state index contributed by atoms with van der Waals surface area (Å²) in [6.45, 7) is 5.61. The normalized spacial score (nSPS) is 11.2. The fourth-order valence-electron chi connectivity index (χ4n) is 2.43. The Morgan fingerprint density at radius 2 is 1.90 bits per heavy atom. The lowest BCUT2D eigenvalue weighted by Crippen LogP contribution is -2.36. The summed E-state index contributed by atoms with van der Waals surface area (Å²) in [5.74, 6) is 0.162. The van der Waals surface area contributed by atoms with Gasteiger partial charge in [-0.3, -0.25) is 0 Å². The molecule has 0 radical (unpaired) electrons. The lowest BCUT2D eigenvalue weighted by Gasteiger charge is -2.26. The average molecular weight is 416 g/mol. The van der Waals surface area contributed by atoms with E-state index in [1.54, 1.807) is 27.9 Å². The summed E-state index contributed by atoms with van der Waals surface area (Å²) in [5.41, 5.74) is 0.327. The zero-order valence-corrected chi connectivity index (χ0v) is 17.4. The Bertz CT molecular complexity index is 986. The van der Waals surface area contributed by atoms with Crippen molar-refractivity contribution in [3.63, 3.8) is 0 Å². The number of hydrogen-bond donors (Lipinski definition) is 0. The number of rotatable bonds is 5. The molecule has 152 valence electrons. The van der Waals surface area contributed by atoms with Gasteiger partial charge in [0.1, 0.15) is 23.4 Å². The van der Waals surface area contributed by atoms with Crippen LogP contribution in [0, 0.1) is 5.82 Å². The van der Waals surface area contributed by atoms with Crippen molar-refractivity contribution in [2.75, 3.05) is 12.0 Å². The first-order valence-corrected chi connectivity index (χ1v) is 9.63. The van der Waals surface area contributed by atoms with Gasteiger partial charge in [-0.15, -0.1) is 0 Å². The maximum Gasteiger partial charge on any atom is 0.416 e. The highest BCUT2D eigenvalue weighted by Gasteiger charge is 2.26. The molecule has 0 saturated heterocycles. The van der Waals surface area contributed by atoms with Crippen LogP contribution in [-0.2, 0) is 11.3 Å². The number of thiazole rings is 1. The molecule has 9 heteroatoms. The van der Waals surface area contributed by atoms with E-state index in [1.807, 2.05) is 24.3 Å². The minimum Gasteiger partial charge on any atom is -0.497 e. The predicted octanol–water partition coefficient (Wildman–Crippen LogP) is 4.69. The lowest BCUT2D eigenvalue weighted by atomic mass is 10.2. The van der Waals surface area contributed by atoms with Crippen molar-refractivity contribution in [1.29, 1.82) is 0 Å². The van der Waals surface area contributed by atoms with Crippen LogP contribution >= 0.6 is 11.3 Å². The molecule has 3 aromatic rings. The summed E-state index contributed by atoms with van der Waals surface area (Å²) in [6, 6.07) is 7.34. The van der Waals surface area contributed by atoms with Gasteiger partial charge < -0.3 is 9.47 Å². The highest BCUT2D eigenvalue weighted by Crippen LogP contribution is 2.32. The van der Waals surface area contributed by atoms with Crippen molar-refractivity contribution < 1.29 is 18.7 Å². The molecular weight excluding hydrogens is 395 g/mol. The summed E-state index contributed by atoms with van der Waals surface area (Å²) >= 11 is 1.15. The van der Waals surface area contributed by atoms with E-state index in [-0.39, 0.29) is 12.2 Å². The molecule has 0 aliphatic rings. The first kappa shape index (κ1) is 20.7. The number of carbonyl (C=O) groups excluding carboxylic acids is 1. The summed E-state index contributed by atoms with van der Waals surface area (Å²) in [5, 5.41) is 0.378. The molecule has 0 fully saturated rings. The quantitative estimate of drug-likeness (QED) is 0.601. The number of ether oxygens (including phenoxy) is 2. The Hall–Kier alpha value is -3.07. The SMILES string of the molecule is COc1ccc(CN(C(=O)OC(C)(C)C)c2ncc(-c3ncncc3F)s2)cc1. The summed E-state index contributed by atoms with van der Waals surface area (Å²) in [4.78, 5) is 26.7. The van der Waals surface area contributed by atoms with E-state index in [0.29, 0.717) is 15.8 Å². The molecule has 3 rings (SSSR count). The number of carbonyl (C=O) groups is 1. The minimum absolute atomic E-state index is 0.136. The fraction of sp³-hybridized carbons (Fsp3) is 0.300. The molecular formula is C20H21FN4O3S. The Balaban J connectivity index is 1.92. The van der Waals surface area contributed by atoms with Crippen molar-refractivity contribution >= 4 is 22.6 Å². The standard InChI is InChI=1S/C20H21FN4O3S/c1-20(2,3)28-19(26)25(11-13-5-7-14(27-4)8-6-13)18-23-10-16(29-18)17-15(21)9-22-12-24-17/h5-10,12H,11H2,1-4H3. The zero-order valence-electron chi connectivity index (χ0n) is 16.5. The van der Waals surface area contributed by atoms with E-state index < -0.39 is 17.5 Å². The molecule has 0 atom stereocenters. The molecule has 29 heavy (non-hydrogen) atoms. The van der Waals surface area contributed by atoms with Gasteiger partial charge in [0.25, 0.3) is 0 Å². The third kappa shape index (κ3) is 5.26. The second-order valence-electron chi connectivity index (χ2n) is 7.14. The number of methoxy groups -OCH3 is 1. The van der Waals surface area contributed by atoms with E-state index in [4.69, 9.17) is 9.47 Å². The van der Waals surface area contributed by atoms with Gasteiger partial charge in [0.15, 0.2) is 10.9 Å². The summed E-state index contributed by atoms with van der Waals surface area (Å²) in [6.07, 6.45) is 3.29. The van der Waals surface area contributed by atoms with E-state index in [0.717, 1.165) is 23.1 Å². The molecule has 0 bridgehead atoms. The van der Waals surface area contributed by atoms with Crippen LogP contribution in [0.25, 0.3) is 10.6 Å². The average Bonchev–Trinajstić information content (AvgIpc) is 3.15. The third-order valence-corrected chi connectivity index (χ3v) is 4.77. The monoisotopic (exact) mass is 416 g/mol. The van der Waals surface area contributed by atoms with Gasteiger partial charge in [-0.2, -0.15) is 0 Å². The zero-order chi connectivity index (χ0) is 21.0. The number of amides is 1. The number of anilines is 1. The number of aromatic nitrogens is 3. The van der Waals surface area contributed by atoms with Gasteiger partial charge >= 0.3 is 6.09 Å². The van der Waals surface area contributed by atoms with E-state index in [2.05, 4.69) is 15.0 Å².